The van der Waals surface area contributed by atoms with Gasteiger partial charge in [0, 0.05) is 16.3 Å². The molecule has 1 aliphatic rings. The van der Waals surface area contributed by atoms with Crippen molar-refractivity contribution in [1.82, 2.24) is 9.88 Å². The number of nitrogens with one attached hydrogen (secondary N) is 1. The molecule has 1 aromatic carbocycles. The lowest BCUT2D eigenvalue weighted by Crippen LogP contribution is -2.54. The van der Waals surface area contributed by atoms with E-state index in [1.54, 1.807) is 38.1 Å². The van der Waals surface area contributed by atoms with E-state index in [1.165, 1.54) is 17.4 Å². The minimum atomic E-state index is -0.787. The van der Waals surface area contributed by atoms with Gasteiger partial charge in [-0.1, -0.05) is 18.2 Å². The van der Waals surface area contributed by atoms with Crippen LogP contribution in [0.2, 0.25) is 0 Å². The summed E-state index contributed by atoms with van der Waals surface area (Å²) in [7, 11) is 0. The number of carbonyl (C=O) groups excluding carboxylic acids is 4. The van der Waals surface area contributed by atoms with E-state index in [0.717, 1.165) is 37.3 Å². The maximum absolute atomic E-state index is 13.3. The average molecular weight is 506 g/mol. The van der Waals surface area contributed by atoms with E-state index in [9.17, 15) is 19.2 Å². The monoisotopic (exact) mass is 505 g/mol. The first-order valence-electron chi connectivity index (χ1n) is 11.5. The molecule has 0 atom stereocenters. The van der Waals surface area contributed by atoms with Crippen LogP contribution in [0.1, 0.15) is 50.2 Å². The Morgan fingerprint density at radius 1 is 1.08 bits per heavy atom. The molecule has 0 unspecified atom stereocenters. The number of para-hydroxylation sites is 1. The Morgan fingerprint density at radius 2 is 1.78 bits per heavy atom. The first-order valence-corrected chi connectivity index (χ1v) is 12.3. The van der Waals surface area contributed by atoms with E-state index >= 15 is 0 Å². The van der Waals surface area contributed by atoms with Crippen LogP contribution in [0.5, 0.6) is 0 Å². The number of amides is 4. The molecule has 0 aliphatic carbocycles. The Kier molecular flexibility index (Phi) is 6.69. The normalized spacial score (nSPS) is 15.0. The topological polar surface area (TPSA) is 97.7 Å². The lowest BCUT2D eigenvalue weighted by molar-refractivity contribution is -0.122. The van der Waals surface area contributed by atoms with Crippen LogP contribution < -0.4 is 10.2 Å². The number of ether oxygens (including phenoxy) is 1. The Balaban J connectivity index is 1.81. The number of anilines is 1. The second kappa shape index (κ2) is 9.58. The molecule has 186 valence electrons. The van der Waals surface area contributed by atoms with E-state index in [-0.39, 0.29) is 12.2 Å². The highest BCUT2D eigenvalue weighted by molar-refractivity contribution is 7.15. The number of hydrogen-bond donors (Lipinski definition) is 1. The third-order valence-electron chi connectivity index (χ3n) is 6.28. The molecule has 4 rings (SSSR count). The van der Waals surface area contributed by atoms with E-state index < -0.39 is 23.8 Å². The number of urea groups is 1. The molecule has 36 heavy (non-hydrogen) atoms. The third-order valence-corrected chi connectivity index (χ3v) is 7.47. The van der Waals surface area contributed by atoms with E-state index in [4.69, 9.17) is 4.74 Å². The number of nitrogens with zero attached hydrogens (tertiary/aromatic N) is 2. The maximum atomic E-state index is 13.3. The second-order valence-electron chi connectivity index (χ2n) is 8.59. The zero-order valence-electron chi connectivity index (χ0n) is 21.0. The minimum Gasteiger partial charge on any atom is -0.462 e. The summed E-state index contributed by atoms with van der Waals surface area (Å²) in [6.07, 6.45) is 1.49. The molecule has 3 aromatic rings. The van der Waals surface area contributed by atoms with Gasteiger partial charge in [0.1, 0.15) is 10.6 Å². The van der Waals surface area contributed by atoms with Crippen molar-refractivity contribution in [1.29, 1.82) is 0 Å². The number of esters is 1. The highest BCUT2D eigenvalue weighted by Crippen LogP contribution is 2.35. The maximum Gasteiger partial charge on any atom is 0.341 e. The first kappa shape index (κ1) is 25.1. The summed E-state index contributed by atoms with van der Waals surface area (Å²) in [6.45, 7) is 11.4. The molecule has 1 fully saturated rings. The quantitative estimate of drug-likeness (QED) is 0.301. The van der Waals surface area contributed by atoms with Gasteiger partial charge < -0.3 is 9.30 Å². The molecule has 8 nitrogen and oxygen atoms in total. The summed E-state index contributed by atoms with van der Waals surface area (Å²) < 4.78 is 7.23. The van der Waals surface area contributed by atoms with E-state index in [0.29, 0.717) is 16.8 Å². The van der Waals surface area contributed by atoms with Crippen LogP contribution in [0.3, 0.4) is 0 Å². The molecule has 3 heterocycles. The predicted octanol–water partition coefficient (Wildman–Crippen LogP) is 4.92. The zero-order valence-corrected chi connectivity index (χ0v) is 21.8. The molecule has 2 aromatic heterocycles. The van der Waals surface area contributed by atoms with Gasteiger partial charge in [-0.3, -0.25) is 14.9 Å². The van der Waals surface area contributed by atoms with E-state index in [1.807, 2.05) is 38.3 Å². The van der Waals surface area contributed by atoms with Crippen molar-refractivity contribution < 1.29 is 23.9 Å². The van der Waals surface area contributed by atoms with Gasteiger partial charge in [-0.15, -0.1) is 11.3 Å². The van der Waals surface area contributed by atoms with Crippen molar-refractivity contribution in [3.63, 3.8) is 0 Å². The number of barbiturate groups is 1. The second-order valence-corrected chi connectivity index (χ2v) is 9.79. The zero-order chi connectivity index (χ0) is 26.3. The summed E-state index contributed by atoms with van der Waals surface area (Å²) in [5, 5.41) is 2.99. The van der Waals surface area contributed by atoms with Crippen LogP contribution in [-0.2, 0) is 14.3 Å². The highest BCUT2D eigenvalue weighted by Gasteiger charge is 2.37. The Hall–Kier alpha value is -3.98. The van der Waals surface area contributed by atoms with Crippen LogP contribution in [0, 0.1) is 34.6 Å². The average Bonchev–Trinajstić information content (AvgIpc) is 3.26. The van der Waals surface area contributed by atoms with Crippen LogP contribution >= 0.6 is 11.3 Å². The molecule has 0 bridgehead atoms. The van der Waals surface area contributed by atoms with Gasteiger partial charge in [-0.25, -0.2) is 14.5 Å². The predicted molar refractivity (Wildman–Crippen MR) is 139 cm³/mol. The number of aromatic nitrogens is 1. The molecule has 1 saturated heterocycles. The van der Waals surface area contributed by atoms with E-state index in [2.05, 4.69) is 5.32 Å². The molecule has 0 spiro atoms. The number of thiophene rings is 1. The number of aryl methyl sites for hydroxylation is 3. The molecular weight excluding hydrogens is 478 g/mol. The minimum absolute atomic E-state index is 0.151. The number of rotatable bonds is 5. The molecule has 0 saturated carbocycles. The standard InChI is InChI=1S/C27H27N3O5S/c1-7-35-26(33)22-16(4)18(6)36-25(22)29-15(3)12-19(17(29)5)13-20-23(31)28-27(34)30(24(20)32)21-11-9-8-10-14(21)2/h8-13H,7H2,1-6H3,(H,28,31,34)/b20-13+. The van der Waals surface area contributed by atoms with Crippen molar-refractivity contribution in [3.8, 4) is 5.00 Å². The van der Waals surface area contributed by atoms with Gasteiger partial charge in [-0.2, -0.15) is 0 Å². The summed E-state index contributed by atoms with van der Waals surface area (Å²) in [5.74, 6) is -1.84. The Labute approximate surface area is 213 Å². The summed E-state index contributed by atoms with van der Waals surface area (Å²) in [4.78, 5) is 53.4. The van der Waals surface area contributed by atoms with Crippen LogP contribution in [0.4, 0.5) is 10.5 Å². The third kappa shape index (κ3) is 4.15. The number of hydrogen-bond acceptors (Lipinski definition) is 6. The molecular formula is C27H27N3O5S. The van der Waals surface area contributed by atoms with Crippen LogP contribution in [0.15, 0.2) is 35.9 Å². The van der Waals surface area contributed by atoms with Gasteiger partial charge in [0.05, 0.1) is 17.9 Å². The lowest BCUT2D eigenvalue weighted by atomic mass is 10.1. The van der Waals surface area contributed by atoms with Gasteiger partial charge in [0.2, 0.25) is 0 Å². The van der Waals surface area contributed by atoms with Crippen molar-refractivity contribution in [2.45, 2.75) is 41.5 Å². The lowest BCUT2D eigenvalue weighted by Gasteiger charge is -2.27. The fraction of sp³-hybridized carbons (Fsp3) is 0.259. The number of carbonyl (C=O) groups is 4. The number of benzene rings is 1. The molecule has 1 N–H and O–H groups in total. The van der Waals surface area contributed by atoms with Crippen molar-refractivity contribution >= 4 is 46.9 Å². The molecule has 1 aliphatic heterocycles. The van der Waals surface area contributed by atoms with Crippen LogP contribution in [0.25, 0.3) is 11.1 Å². The SMILES string of the molecule is CCOC(=O)c1c(-n2c(C)cc(/C=C3\C(=O)NC(=O)N(c4ccccc4C)C3=O)c2C)sc(C)c1C. The van der Waals surface area contributed by atoms with Gasteiger partial charge >= 0.3 is 12.0 Å². The fourth-order valence-corrected chi connectivity index (χ4v) is 5.56. The summed E-state index contributed by atoms with van der Waals surface area (Å²) in [6, 6.07) is 8.03. The van der Waals surface area contributed by atoms with Crippen molar-refractivity contribution in [3.05, 3.63) is 74.4 Å². The van der Waals surface area contributed by atoms with Gasteiger partial charge in [0.15, 0.2) is 0 Å². The number of imide groups is 2. The summed E-state index contributed by atoms with van der Waals surface area (Å²) in [5.41, 5.74) is 4.53. The summed E-state index contributed by atoms with van der Waals surface area (Å²) >= 11 is 1.48. The Bertz CT molecular complexity index is 1460. The molecule has 9 heteroatoms. The van der Waals surface area contributed by atoms with Crippen molar-refractivity contribution in [2.24, 2.45) is 0 Å². The van der Waals surface area contributed by atoms with Gasteiger partial charge in [-0.05, 0) is 76.4 Å². The fourth-order valence-electron chi connectivity index (χ4n) is 4.30. The largest absolute Gasteiger partial charge is 0.462 e. The first-order chi connectivity index (χ1) is 17.1. The van der Waals surface area contributed by atoms with Crippen LogP contribution in [-0.4, -0.2) is 35.0 Å². The Morgan fingerprint density at radius 3 is 2.44 bits per heavy atom. The molecule has 0 radical (unpaired) electrons. The molecule has 4 amide bonds. The van der Waals surface area contributed by atoms with Crippen molar-refractivity contribution in [2.75, 3.05) is 11.5 Å². The van der Waals surface area contributed by atoms with Gasteiger partial charge in [0.25, 0.3) is 11.8 Å². The highest BCUT2D eigenvalue weighted by atomic mass is 32.1. The smallest absolute Gasteiger partial charge is 0.341 e.